The van der Waals surface area contributed by atoms with E-state index in [0.29, 0.717) is 24.5 Å². The van der Waals surface area contributed by atoms with Crippen LogP contribution in [0.5, 0.6) is 5.88 Å². The highest BCUT2D eigenvalue weighted by molar-refractivity contribution is 5.92. The number of nitrogens with one attached hydrogen (secondary N) is 1. The van der Waals surface area contributed by atoms with E-state index in [1.54, 1.807) is 25.4 Å². The second-order valence-corrected chi connectivity index (χ2v) is 6.40. The summed E-state index contributed by atoms with van der Waals surface area (Å²) in [6, 6.07) is 5.09. The predicted octanol–water partition coefficient (Wildman–Crippen LogP) is 2.27. The molecule has 7 nitrogen and oxygen atoms in total. The fourth-order valence-corrected chi connectivity index (χ4v) is 3.07. The molecule has 1 fully saturated rings. The Balaban J connectivity index is 1.75. The molecule has 7 heteroatoms. The molecule has 0 bridgehead atoms. The topological polar surface area (TPSA) is 97.5 Å². The van der Waals surface area contributed by atoms with Crippen molar-refractivity contribution in [2.24, 2.45) is 5.92 Å². The van der Waals surface area contributed by atoms with Gasteiger partial charge in [-0.1, -0.05) is 18.1 Å². The molecule has 2 aromatic rings. The minimum atomic E-state index is -0.307. The number of hydrogen-bond donors (Lipinski definition) is 2. The summed E-state index contributed by atoms with van der Waals surface area (Å²) in [5.74, 6) is 1.10. The number of aromatic nitrogens is 2. The molecule has 1 aliphatic rings. The fourth-order valence-electron chi connectivity index (χ4n) is 3.07. The normalized spacial score (nSPS) is 20.6. The van der Waals surface area contributed by atoms with Crippen molar-refractivity contribution in [3.8, 4) is 5.88 Å². The number of aryl methyl sites for hydroxylation is 1. The third kappa shape index (κ3) is 3.99. The van der Waals surface area contributed by atoms with Gasteiger partial charge in [-0.25, -0.2) is 4.98 Å². The second-order valence-electron chi connectivity index (χ2n) is 6.40. The van der Waals surface area contributed by atoms with Gasteiger partial charge in [-0.3, -0.25) is 4.79 Å². The number of amides is 1. The summed E-state index contributed by atoms with van der Waals surface area (Å²) in [5, 5.41) is 16.5. The van der Waals surface area contributed by atoms with Crippen LogP contribution in [0.1, 0.15) is 54.0 Å². The van der Waals surface area contributed by atoms with Gasteiger partial charge in [0.15, 0.2) is 5.69 Å². The smallest absolute Gasteiger partial charge is 0.273 e. The molecule has 0 aromatic carbocycles. The van der Waals surface area contributed by atoms with E-state index < -0.39 is 0 Å². The predicted molar refractivity (Wildman–Crippen MR) is 90.2 cm³/mol. The van der Waals surface area contributed by atoms with Crippen molar-refractivity contribution in [2.75, 3.05) is 7.11 Å². The molecule has 25 heavy (non-hydrogen) atoms. The summed E-state index contributed by atoms with van der Waals surface area (Å²) in [5.41, 5.74) is 1.15. The highest BCUT2D eigenvalue weighted by Crippen LogP contribution is 2.38. The third-order valence-corrected chi connectivity index (χ3v) is 4.52. The largest absolute Gasteiger partial charge is 0.481 e. The van der Waals surface area contributed by atoms with Gasteiger partial charge in [0.05, 0.1) is 19.3 Å². The lowest BCUT2D eigenvalue weighted by Crippen LogP contribution is -2.41. The van der Waals surface area contributed by atoms with Crippen molar-refractivity contribution in [1.29, 1.82) is 0 Å². The van der Waals surface area contributed by atoms with E-state index >= 15 is 0 Å². The SMILES string of the molecule is CCCc1cc(C(=O)NC(c2ccc(OC)nc2)C2CC(O)C2)no1. The van der Waals surface area contributed by atoms with Gasteiger partial charge in [0.25, 0.3) is 5.91 Å². The number of aliphatic hydroxyl groups is 1. The first-order valence-corrected chi connectivity index (χ1v) is 8.55. The molecule has 134 valence electrons. The van der Waals surface area contributed by atoms with E-state index in [4.69, 9.17) is 9.26 Å². The van der Waals surface area contributed by atoms with Gasteiger partial charge in [-0.2, -0.15) is 0 Å². The molecule has 1 amide bonds. The fraction of sp³-hybridized carbons (Fsp3) is 0.500. The zero-order valence-electron chi connectivity index (χ0n) is 14.4. The van der Waals surface area contributed by atoms with Crippen LogP contribution in [0, 0.1) is 5.92 Å². The molecule has 2 heterocycles. The molecule has 2 aromatic heterocycles. The number of aliphatic hydroxyl groups excluding tert-OH is 1. The Morgan fingerprint density at radius 2 is 2.28 bits per heavy atom. The Morgan fingerprint density at radius 3 is 2.88 bits per heavy atom. The Kier molecular flexibility index (Phi) is 5.33. The average Bonchev–Trinajstić information content (AvgIpc) is 3.06. The molecule has 3 rings (SSSR count). The minimum Gasteiger partial charge on any atom is -0.481 e. The van der Waals surface area contributed by atoms with Gasteiger partial charge < -0.3 is 19.7 Å². The van der Waals surface area contributed by atoms with Gasteiger partial charge in [-0.15, -0.1) is 0 Å². The van der Waals surface area contributed by atoms with E-state index in [9.17, 15) is 9.90 Å². The van der Waals surface area contributed by atoms with Crippen molar-refractivity contribution in [3.63, 3.8) is 0 Å². The minimum absolute atomic E-state index is 0.163. The van der Waals surface area contributed by atoms with Gasteiger partial charge in [0, 0.05) is 24.8 Å². The molecular formula is C18H23N3O4. The number of carbonyl (C=O) groups excluding carboxylic acids is 1. The maximum atomic E-state index is 12.6. The number of rotatable bonds is 7. The molecule has 1 atom stereocenters. The van der Waals surface area contributed by atoms with Crippen LogP contribution in [-0.2, 0) is 6.42 Å². The van der Waals surface area contributed by atoms with Crippen LogP contribution < -0.4 is 10.1 Å². The number of methoxy groups -OCH3 is 1. The number of nitrogens with zero attached hydrogens (tertiary/aromatic N) is 2. The van der Waals surface area contributed by atoms with Crippen molar-refractivity contribution in [3.05, 3.63) is 41.4 Å². The van der Waals surface area contributed by atoms with Crippen LogP contribution in [0.3, 0.4) is 0 Å². The molecule has 0 spiro atoms. The monoisotopic (exact) mass is 345 g/mol. The molecule has 0 saturated heterocycles. The van der Waals surface area contributed by atoms with Crippen molar-refractivity contribution >= 4 is 5.91 Å². The number of carbonyl (C=O) groups is 1. The second kappa shape index (κ2) is 7.65. The summed E-state index contributed by atoms with van der Waals surface area (Å²) in [6.45, 7) is 2.04. The lowest BCUT2D eigenvalue weighted by Gasteiger charge is -2.38. The van der Waals surface area contributed by atoms with Crippen LogP contribution in [0.2, 0.25) is 0 Å². The first-order valence-electron chi connectivity index (χ1n) is 8.55. The van der Waals surface area contributed by atoms with Crippen LogP contribution in [-0.4, -0.2) is 34.4 Å². The van der Waals surface area contributed by atoms with Gasteiger partial charge >= 0.3 is 0 Å². The first-order chi connectivity index (χ1) is 12.1. The Labute approximate surface area is 146 Å². The van der Waals surface area contributed by atoms with Crippen LogP contribution >= 0.6 is 0 Å². The van der Waals surface area contributed by atoms with Crippen LogP contribution in [0.25, 0.3) is 0 Å². The number of hydrogen-bond acceptors (Lipinski definition) is 6. The highest BCUT2D eigenvalue weighted by Gasteiger charge is 2.36. The Hall–Kier alpha value is -2.41. The van der Waals surface area contributed by atoms with Crippen molar-refractivity contribution in [1.82, 2.24) is 15.5 Å². The third-order valence-electron chi connectivity index (χ3n) is 4.52. The van der Waals surface area contributed by atoms with E-state index in [0.717, 1.165) is 18.4 Å². The van der Waals surface area contributed by atoms with E-state index in [2.05, 4.69) is 15.5 Å². The van der Waals surface area contributed by atoms with Gasteiger partial charge in [-0.05, 0) is 30.7 Å². The molecule has 1 saturated carbocycles. The maximum Gasteiger partial charge on any atom is 0.273 e. The molecule has 0 aliphatic heterocycles. The molecular weight excluding hydrogens is 322 g/mol. The molecule has 1 unspecified atom stereocenters. The first kappa shape index (κ1) is 17.4. The van der Waals surface area contributed by atoms with Crippen LogP contribution in [0.4, 0.5) is 0 Å². The van der Waals surface area contributed by atoms with Crippen molar-refractivity contribution in [2.45, 2.75) is 44.8 Å². The maximum absolute atomic E-state index is 12.6. The summed E-state index contributed by atoms with van der Waals surface area (Å²) < 4.78 is 10.3. The van der Waals surface area contributed by atoms with Crippen molar-refractivity contribution < 1.29 is 19.2 Å². The quantitative estimate of drug-likeness (QED) is 0.799. The van der Waals surface area contributed by atoms with E-state index in [-0.39, 0.29) is 29.7 Å². The lowest BCUT2D eigenvalue weighted by atomic mass is 9.75. The molecule has 0 radical (unpaired) electrons. The zero-order chi connectivity index (χ0) is 17.8. The Morgan fingerprint density at radius 1 is 1.48 bits per heavy atom. The summed E-state index contributed by atoms with van der Waals surface area (Å²) >= 11 is 0. The Bertz CT molecular complexity index is 707. The standard InChI is InChI=1S/C18H23N3O4/c1-3-4-14-9-15(21-25-14)18(23)20-17(12-7-13(22)8-12)11-5-6-16(24-2)19-10-11/h5-6,9-10,12-13,17,22H,3-4,7-8H2,1-2H3,(H,20,23). The summed E-state index contributed by atoms with van der Waals surface area (Å²) in [7, 11) is 1.56. The average molecular weight is 345 g/mol. The van der Waals surface area contributed by atoms with E-state index in [1.807, 2.05) is 13.0 Å². The molecule has 2 N–H and O–H groups in total. The van der Waals surface area contributed by atoms with Gasteiger partial charge in [0.1, 0.15) is 5.76 Å². The summed E-state index contributed by atoms with van der Waals surface area (Å²) in [6.07, 6.45) is 4.36. The van der Waals surface area contributed by atoms with E-state index in [1.165, 1.54) is 0 Å². The lowest BCUT2D eigenvalue weighted by molar-refractivity contribution is 0.0233. The van der Waals surface area contributed by atoms with Crippen LogP contribution in [0.15, 0.2) is 28.9 Å². The zero-order valence-corrected chi connectivity index (χ0v) is 14.4. The number of pyridine rings is 1. The molecule has 1 aliphatic carbocycles. The number of ether oxygens (including phenoxy) is 1. The highest BCUT2D eigenvalue weighted by atomic mass is 16.5. The summed E-state index contributed by atoms with van der Waals surface area (Å²) in [4.78, 5) is 16.8. The van der Waals surface area contributed by atoms with Gasteiger partial charge in [0.2, 0.25) is 5.88 Å².